The van der Waals surface area contributed by atoms with Crippen LogP contribution in [0.2, 0.25) is 5.02 Å². The molecule has 0 saturated heterocycles. The minimum atomic E-state index is 0.602. The molecule has 0 atom stereocenters. The zero-order valence-corrected chi connectivity index (χ0v) is 11.0. The van der Waals surface area contributed by atoms with E-state index in [1.807, 2.05) is 48.0 Å². The van der Waals surface area contributed by atoms with Crippen LogP contribution in [-0.2, 0) is 7.05 Å². The van der Waals surface area contributed by atoms with Gasteiger partial charge in [-0.3, -0.25) is 0 Å². The van der Waals surface area contributed by atoms with Crippen molar-refractivity contribution in [1.29, 1.82) is 5.26 Å². The van der Waals surface area contributed by atoms with Gasteiger partial charge >= 0.3 is 0 Å². The fourth-order valence-corrected chi connectivity index (χ4v) is 2.50. The van der Waals surface area contributed by atoms with E-state index in [2.05, 4.69) is 11.1 Å². The molecule has 0 aliphatic carbocycles. The Balaban J connectivity index is 2.40. The highest BCUT2D eigenvalue weighted by molar-refractivity contribution is 6.33. The largest absolute Gasteiger partial charge is 0.333 e. The van der Waals surface area contributed by atoms with Crippen LogP contribution in [0.4, 0.5) is 0 Å². The van der Waals surface area contributed by atoms with E-state index >= 15 is 0 Å². The number of rotatable bonds is 1. The van der Waals surface area contributed by atoms with Crippen LogP contribution >= 0.6 is 11.6 Å². The summed E-state index contributed by atoms with van der Waals surface area (Å²) in [5, 5.41) is 10.1. The number of hydrogen-bond acceptors (Lipinski definition) is 2. The van der Waals surface area contributed by atoms with Crippen LogP contribution in [0.3, 0.4) is 0 Å². The molecule has 3 aromatic rings. The first-order valence-electron chi connectivity index (χ1n) is 5.81. The van der Waals surface area contributed by atoms with Crippen molar-refractivity contribution in [1.82, 2.24) is 9.55 Å². The average molecular weight is 268 g/mol. The minimum Gasteiger partial charge on any atom is -0.333 e. The summed E-state index contributed by atoms with van der Waals surface area (Å²) in [5.74, 6) is 0. The summed E-state index contributed by atoms with van der Waals surface area (Å²) in [7, 11) is 1.88. The molecule has 0 radical (unpaired) electrons. The standard InChI is InChI=1S/C15H10ClN3/c1-19-9-18-14-7-6-10(12(8-17)15(14)19)11-4-2-3-5-13(11)16/h2-7,9H,1H3. The smallest absolute Gasteiger partial charge is 0.102 e. The van der Waals surface area contributed by atoms with Crippen molar-refractivity contribution in [2.75, 3.05) is 0 Å². The summed E-state index contributed by atoms with van der Waals surface area (Å²) in [6.07, 6.45) is 1.71. The van der Waals surface area contributed by atoms with Gasteiger partial charge in [-0.15, -0.1) is 0 Å². The van der Waals surface area contributed by atoms with Crippen molar-refractivity contribution in [3.8, 4) is 17.2 Å². The Hall–Kier alpha value is -2.31. The highest BCUT2D eigenvalue weighted by Crippen LogP contribution is 2.33. The van der Waals surface area contributed by atoms with Gasteiger partial charge in [0.1, 0.15) is 6.07 Å². The first-order chi connectivity index (χ1) is 9.22. The van der Waals surface area contributed by atoms with Crippen molar-refractivity contribution < 1.29 is 0 Å². The molecule has 0 spiro atoms. The molecule has 0 unspecified atom stereocenters. The van der Waals surface area contributed by atoms with E-state index in [4.69, 9.17) is 11.6 Å². The number of aryl methyl sites for hydroxylation is 1. The first kappa shape index (κ1) is 11.8. The molecule has 0 bridgehead atoms. The van der Waals surface area contributed by atoms with E-state index in [-0.39, 0.29) is 0 Å². The minimum absolute atomic E-state index is 0.602. The van der Waals surface area contributed by atoms with Crippen molar-refractivity contribution in [2.45, 2.75) is 0 Å². The molecule has 19 heavy (non-hydrogen) atoms. The normalized spacial score (nSPS) is 10.6. The highest BCUT2D eigenvalue weighted by Gasteiger charge is 2.14. The number of hydrogen-bond donors (Lipinski definition) is 0. The maximum absolute atomic E-state index is 9.48. The van der Waals surface area contributed by atoms with Gasteiger partial charge in [-0.05, 0) is 12.1 Å². The molecule has 2 aromatic carbocycles. The molecule has 3 nitrogen and oxygen atoms in total. The molecule has 0 N–H and O–H groups in total. The van der Waals surface area contributed by atoms with Crippen LogP contribution < -0.4 is 0 Å². The number of halogens is 1. The molecule has 0 amide bonds. The van der Waals surface area contributed by atoms with Crippen molar-refractivity contribution in [3.63, 3.8) is 0 Å². The number of imidazole rings is 1. The molecule has 1 aromatic heterocycles. The van der Waals surface area contributed by atoms with Crippen LogP contribution in [-0.4, -0.2) is 9.55 Å². The third-order valence-electron chi connectivity index (χ3n) is 3.16. The van der Waals surface area contributed by atoms with Crippen molar-refractivity contribution in [2.24, 2.45) is 7.05 Å². The molecular formula is C15H10ClN3. The van der Waals surface area contributed by atoms with Crippen LogP contribution in [0.5, 0.6) is 0 Å². The highest BCUT2D eigenvalue weighted by atomic mass is 35.5. The Bertz CT molecular complexity index is 812. The monoisotopic (exact) mass is 267 g/mol. The Kier molecular flexibility index (Phi) is 2.73. The molecule has 0 aliphatic heterocycles. The molecule has 3 rings (SSSR count). The average Bonchev–Trinajstić information content (AvgIpc) is 2.80. The first-order valence-corrected chi connectivity index (χ1v) is 6.19. The predicted octanol–water partition coefficient (Wildman–Crippen LogP) is 3.77. The molecule has 0 aliphatic rings. The Morgan fingerprint density at radius 3 is 2.68 bits per heavy atom. The maximum atomic E-state index is 9.48. The number of aromatic nitrogens is 2. The zero-order chi connectivity index (χ0) is 13.4. The van der Waals surface area contributed by atoms with Gasteiger partial charge in [-0.25, -0.2) is 4.98 Å². The number of benzene rings is 2. The fraction of sp³-hybridized carbons (Fsp3) is 0.0667. The lowest BCUT2D eigenvalue weighted by atomic mass is 9.99. The number of nitrogens with zero attached hydrogens (tertiary/aromatic N) is 3. The molecule has 0 saturated carbocycles. The summed E-state index contributed by atoms with van der Waals surface area (Å²) >= 11 is 6.22. The summed E-state index contributed by atoms with van der Waals surface area (Å²) in [6, 6.07) is 13.6. The van der Waals surface area contributed by atoms with Gasteiger partial charge < -0.3 is 4.57 Å². The van der Waals surface area contributed by atoms with Crippen LogP contribution in [0.15, 0.2) is 42.7 Å². The maximum Gasteiger partial charge on any atom is 0.102 e. The van der Waals surface area contributed by atoms with Crippen LogP contribution in [0.25, 0.3) is 22.2 Å². The molecular weight excluding hydrogens is 258 g/mol. The van der Waals surface area contributed by atoms with Gasteiger partial charge in [-0.1, -0.05) is 35.9 Å². The van der Waals surface area contributed by atoms with Crippen molar-refractivity contribution in [3.05, 3.63) is 53.3 Å². The second-order valence-electron chi connectivity index (χ2n) is 4.30. The lowest BCUT2D eigenvalue weighted by Gasteiger charge is -2.08. The Morgan fingerprint density at radius 1 is 1.16 bits per heavy atom. The van der Waals surface area contributed by atoms with Gasteiger partial charge in [0.05, 0.1) is 22.9 Å². The summed E-state index contributed by atoms with van der Waals surface area (Å²) in [5.41, 5.74) is 3.95. The van der Waals surface area contributed by atoms with Gasteiger partial charge in [0.2, 0.25) is 0 Å². The van der Waals surface area contributed by atoms with Gasteiger partial charge in [0, 0.05) is 23.2 Å². The summed E-state index contributed by atoms with van der Waals surface area (Å²) in [6.45, 7) is 0. The van der Waals surface area contributed by atoms with E-state index in [1.54, 1.807) is 6.33 Å². The molecule has 4 heteroatoms. The third kappa shape index (κ3) is 1.78. The second kappa shape index (κ2) is 4.42. The Morgan fingerprint density at radius 2 is 1.95 bits per heavy atom. The van der Waals surface area contributed by atoms with E-state index in [1.165, 1.54) is 0 Å². The van der Waals surface area contributed by atoms with Crippen LogP contribution in [0, 0.1) is 11.3 Å². The summed E-state index contributed by atoms with van der Waals surface area (Å²) < 4.78 is 1.86. The topological polar surface area (TPSA) is 41.6 Å². The molecule has 0 fully saturated rings. The van der Waals surface area contributed by atoms with E-state index < -0.39 is 0 Å². The number of fused-ring (bicyclic) bond motifs is 1. The lowest BCUT2D eigenvalue weighted by Crippen LogP contribution is -1.92. The van der Waals surface area contributed by atoms with E-state index in [0.29, 0.717) is 10.6 Å². The zero-order valence-electron chi connectivity index (χ0n) is 10.3. The SMILES string of the molecule is Cn1cnc2ccc(-c3ccccc3Cl)c(C#N)c21. The van der Waals surface area contributed by atoms with Gasteiger partial charge in [0.25, 0.3) is 0 Å². The third-order valence-corrected chi connectivity index (χ3v) is 3.48. The van der Waals surface area contributed by atoms with E-state index in [0.717, 1.165) is 22.2 Å². The number of nitriles is 1. The van der Waals surface area contributed by atoms with Gasteiger partial charge in [0.15, 0.2) is 0 Å². The Labute approximate surface area is 115 Å². The fourth-order valence-electron chi connectivity index (χ4n) is 2.27. The quantitative estimate of drug-likeness (QED) is 0.673. The van der Waals surface area contributed by atoms with Crippen molar-refractivity contribution >= 4 is 22.6 Å². The van der Waals surface area contributed by atoms with E-state index in [9.17, 15) is 5.26 Å². The second-order valence-corrected chi connectivity index (χ2v) is 4.71. The molecule has 92 valence electrons. The van der Waals surface area contributed by atoms with Gasteiger partial charge in [-0.2, -0.15) is 5.26 Å². The van der Waals surface area contributed by atoms with Crippen LogP contribution in [0.1, 0.15) is 5.56 Å². The predicted molar refractivity (Wildman–Crippen MR) is 75.9 cm³/mol. The summed E-state index contributed by atoms with van der Waals surface area (Å²) in [4.78, 5) is 4.26. The molecule has 1 heterocycles. The lowest BCUT2D eigenvalue weighted by molar-refractivity contribution is 0.946.